The molecule has 0 aromatic heterocycles. The molecule has 2 aromatic carbocycles. The second-order valence-corrected chi connectivity index (χ2v) is 7.37. The molecule has 28 heavy (non-hydrogen) atoms. The van der Waals surface area contributed by atoms with Crippen LogP contribution in [0.1, 0.15) is 11.1 Å². The van der Waals surface area contributed by atoms with Crippen LogP contribution in [0.5, 0.6) is 11.5 Å². The number of hydrogen-bond donors (Lipinski definition) is 1. The summed E-state index contributed by atoms with van der Waals surface area (Å²) >= 11 is 7.00. The van der Waals surface area contributed by atoms with E-state index >= 15 is 0 Å². The highest BCUT2D eigenvalue weighted by Crippen LogP contribution is 2.35. The standard InChI is InChI=1S/C20H19ClN2O4S/c1-12-15(21)5-4-6-16(12)22-11-23-19(24)18(28-20(23)25)9-13-7-8-14(26-2)10-17(13)27-3/h4-10,22H,11H2,1-3H3/b18-9+. The van der Waals surface area contributed by atoms with Gasteiger partial charge in [-0.1, -0.05) is 17.7 Å². The molecule has 1 aliphatic rings. The zero-order chi connectivity index (χ0) is 20.3. The van der Waals surface area contributed by atoms with Crippen LogP contribution in [-0.4, -0.2) is 36.9 Å². The Labute approximate surface area is 172 Å². The van der Waals surface area contributed by atoms with Gasteiger partial charge in [0, 0.05) is 22.3 Å². The van der Waals surface area contributed by atoms with Gasteiger partial charge in [-0.3, -0.25) is 14.5 Å². The third-order valence-corrected chi connectivity index (χ3v) is 5.61. The van der Waals surface area contributed by atoms with Crippen LogP contribution in [0.15, 0.2) is 41.3 Å². The van der Waals surface area contributed by atoms with Crippen LogP contribution in [0.4, 0.5) is 10.5 Å². The van der Waals surface area contributed by atoms with Crippen molar-refractivity contribution in [2.75, 3.05) is 26.2 Å². The van der Waals surface area contributed by atoms with Crippen molar-refractivity contribution in [2.24, 2.45) is 0 Å². The second-order valence-electron chi connectivity index (χ2n) is 5.96. The molecule has 0 radical (unpaired) electrons. The highest BCUT2D eigenvalue weighted by Gasteiger charge is 2.35. The molecule has 6 nitrogen and oxygen atoms in total. The van der Waals surface area contributed by atoms with E-state index < -0.39 is 0 Å². The summed E-state index contributed by atoms with van der Waals surface area (Å²) in [4.78, 5) is 26.5. The number of halogens is 1. The number of carbonyl (C=O) groups excluding carboxylic acids is 2. The van der Waals surface area contributed by atoms with E-state index in [1.54, 1.807) is 43.5 Å². The predicted molar refractivity (Wildman–Crippen MR) is 112 cm³/mol. The number of ether oxygens (including phenoxy) is 2. The third-order valence-electron chi connectivity index (χ3n) is 4.30. The zero-order valence-corrected chi connectivity index (χ0v) is 17.2. The smallest absolute Gasteiger partial charge is 0.295 e. The van der Waals surface area contributed by atoms with E-state index in [-0.39, 0.29) is 17.8 Å². The van der Waals surface area contributed by atoms with Crippen LogP contribution >= 0.6 is 23.4 Å². The number of anilines is 1. The Hall–Kier alpha value is -2.64. The Kier molecular flexibility index (Phi) is 6.16. The molecule has 146 valence electrons. The Bertz CT molecular complexity index is 961. The molecule has 1 fully saturated rings. The van der Waals surface area contributed by atoms with Crippen LogP contribution in [-0.2, 0) is 4.79 Å². The molecule has 1 N–H and O–H groups in total. The fraction of sp³-hybridized carbons (Fsp3) is 0.200. The van der Waals surface area contributed by atoms with E-state index in [9.17, 15) is 9.59 Å². The van der Waals surface area contributed by atoms with Gasteiger partial charge in [0.25, 0.3) is 11.1 Å². The first-order valence-corrected chi connectivity index (χ1v) is 9.60. The topological polar surface area (TPSA) is 67.9 Å². The molecule has 1 saturated heterocycles. The SMILES string of the molecule is COc1ccc(/C=C2/SC(=O)N(CNc3cccc(Cl)c3C)C2=O)c(OC)c1. The summed E-state index contributed by atoms with van der Waals surface area (Å²) in [7, 11) is 3.10. The molecule has 1 heterocycles. The largest absolute Gasteiger partial charge is 0.497 e. The zero-order valence-electron chi connectivity index (χ0n) is 15.6. The summed E-state index contributed by atoms with van der Waals surface area (Å²) in [5.74, 6) is 0.835. The summed E-state index contributed by atoms with van der Waals surface area (Å²) < 4.78 is 10.5. The number of imide groups is 1. The van der Waals surface area contributed by atoms with Gasteiger partial charge in [-0.15, -0.1) is 0 Å². The van der Waals surface area contributed by atoms with Crippen LogP contribution in [0.25, 0.3) is 6.08 Å². The van der Waals surface area contributed by atoms with Crippen LogP contribution in [0.2, 0.25) is 5.02 Å². The second kappa shape index (κ2) is 8.58. The lowest BCUT2D eigenvalue weighted by atomic mass is 10.1. The number of thioether (sulfide) groups is 1. The molecular formula is C20H19ClN2O4S. The molecule has 8 heteroatoms. The van der Waals surface area contributed by atoms with E-state index in [0.29, 0.717) is 27.0 Å². The molecule has 0 bridgehead atoms. The lowest BCUT2D eigenvalue weighted by Gasteiger charge is -2.16. The van der Waals surface area contributed by atoms with Crippen molar-refractivity contribution < 1.29 is 19.1 Å². The highest BCUT2D eigenvalue weighted by atomic mass is 35.5. The van der Waals surface area contributed by atoms with Gasteiger partial charge >= 0.3 is 0 Å². The Morgan fingerprint density at radius 1 is 1.18 bits per heavy atom. The number of amides is 2. The lowest BCUT2D eigenvalue weighted by molar-refractivity contribution is -0.122. The molecule has 2 aromatic rings. The van der Waals surface area contributed by atoms with E-state index in [0.717, 1.165) is 27.9 Å². The van der Waals surface area contributed by atoms with Crippen LogP contribution in [0, 0.1) is 6.92 Å². The maximum Gasteiger partial charge on any atom is 0.295 e. The molecule has 0 unspecified atom stereocenters. The maximum absolute atomic E-state index is 12.7. The molecule has 0 saturated carbocycles. The third kappa shape index (κ3) is 4.10. The normalized spacial score (nSPS) is 15.3. The molecule has 0 spiro atoms. The van der Waals surface area contributed by atoms with E-state index in [2.05, 4.69) is 5.32 Å². The Morgan fingerprint density at radius 2 is 1.96 bits per heavy atom. The van der Waals surface area contributed by atoms with Crippen molar-refractivity contribution in [3.63, 3.8) is 0 Å². The van der Waals surface area contributed by atoms with Gasteiger partial charge < -0.3 is 14.8 Å². The summed E-state index contributed by atoms with van der Waals surface area (Å²) in [6.07, 6.45) is 1.65. The van der Waals surface area contributed by atoms with Crippen molar-refractivity contribution in [1.29, 1.82) is 0 Å². The van der Waals surface area contributed by atoms with Crippen molar-refractivity contribution in [2.45, 2.75) is 6.92 Å². The molecular weight excluding hydrogens is 400 g/mol. The minimum Gasteiger partial charge on any atom is -0.497 e. The first kappa shape index (κ1) is 20.1. The summed E-state index contributed by atoms with van der Waals surface area (Å²) in [6, 6.07) is 10.7. The van der Waals surface area contributed by atoms with Crippen LogP contribution < -0.4 is 14.8 Å². The first-order chi connectivity index (χ1) is 13.4. The number of hydrogen-bond acceptors (Lipinski definition) is 6. The maximum atomic E-state index is 12.7. The number of nitrogens with zero attached hydrogens (tertiary/aromatic N) is 1. The average Bonchev–Trinajstić information content (AvgIpc) is 2.96. The minimum absolute atomic E-state index is 0.0585. The molecule has 2 amide bonds. The number of rotatable bonds is 6. The average molecular weight is 419 g/mol. The van der Waals surface area contributed by atoms with Gasteiger partial charge in [-0.2, -0.15) is 0 Å². The minimum atomic E-state index is -0.361. The number of methoxy groups -OCH3 is 2. The van der Waals surface area contributed by atoms with Crippen molar-refractivity contribution in [3.8, 4) is 11.5 Å². The lowest BCUT2D eigenvalue weighted by Crippen LogP contribution is -2.33. The summed E-state index contributed by atoms with van der Waals surface area (Å²) in [5.41, 5.74) is 2.31. The van der Waals surface area contributed by atoms with Gasteiger partial charge in [0.05, 0.1) is 25.8 Å². The van der Waals surface area contributed by atoms with Crippen molar-refractivity contribution in [3.05, 3.63) is 57.5 Å². The number of benzene rings is 2. The Morgan fingerprint density at radius 3 is 2.68 bits per heavy atom. The predicted octanol–water partition coefficient (Wildman–Crippen LogP) is 4.77. The number of carbonyl (C=O) groups is 2. The van der Waals surface area contributed by atoms with E-state index in [4.69, 9.17) is 21.1 Å². The molecule has 3 rings (SSSR count). The van der Waals surface area contributed by atoms with Crippen LogP contribution in [0.3, 0.4) is 0 Å². The summed E-state index contributed by atoms with van der Waals surface area (Å²) in [6.45, 7) is 1.93. The van der Waals surface area contributed by atoms with E-state index in [1.165, 1.54) is 7.11 Å². The Balaban J connectivity index is 1.78. The molecule has 0 atom stereocenters. The quantitative estimate of drug-likeness (QED) is 0.681. The molecule has 0 aliphatic carbocycles. The fourth-order valence-electron chi connectivity index (χ4n) is 2.68. The van der Waals surface area contributed by atoms with Crippen molar-refractivity contribution >= 4 is 46.3 Å². The first-order valence-electron chi connectivity index (χ1n) is 8.41. The monoisotopic (exact) mass is 418 g/mol. The molecule has 1 aliphatic heterocycles. The van der Waals surface area contributed by atoms with Gasteiger partial charge in [-0.25, -0.2) is 0 Å². The van der Waals surface area contributed by atoms with Gasteiger partial charge in [0.15, 0.2) is 0 Å². The highest BCUT2D eigenvalue weighted by molar-refractivity contribution is 8.18. The van der Waals surface area contributed by atoms with Crippen molar-refractivity contribution in [1.82, 2.24) is 4.90 Å². The fourth-order valence-corrected chi connectivity index (χ4v) is 3.68. The van der Waals surface area contributed by atoms with Gasteiger partial charge in [0.1, 0.15) is 11.5 Å². The summed E-state index contributed by atoms with van der Waals surface area (Å²) in [5, 5.41) is 3.38. The number of nitrogens with one attached hydrogen (secondary N) is 1. The van der Waals surface area contributed by atoms with Gasteiger partial charge in [0.2, 0.25) is 0 Å². The van der Waals surface area contributed by atoms with E-state index in [1.807, 2.05) is 13.0 Å². The van der Waals surface area contributed by atoms with Gasteiger partial charge in [-0.05, 0) is 54.6 Å².